The van der Waals surface area contributed by atoms with Crippen molar-refractivity contribution in [2.24, 2.45) is 5.73 Å². The number of halogens is 2. The molecular weight excluding hydrogens is 221 g/mol. The zero-order valence-electron chi connectivity index (χ0n) is 8.27. The summed E-state index contributed by atoms with van der Waals surface area (Å²) in [5.74, 6) is -0.760. The Balaban J connectivity index is 0.00000196. The fourth-order valence-corrected chi connectivity index (χ4v) is 1.12. The van der Waals surface area contributed by atoms with Crippen LogP contribution < -0.4 is 5.73 Å². The number of nitrogens with two attached hydrogens (primary N) is 1. The highest BCUT2D eigenvalue weighted by molar-refractivity contribution is 5.85. The van der Waals surface area contributed by atoms with Gasteiger partial charge in [0, 0.05) is 6.04 Å². The van der Waals surface area contributed by atoms with Gasteiger partial charge in [0.1, 0.15) is 5.82 Å². The van der Waals surface area contributed by atoms with Crippen LogP contribution in [0.4, 0.5) is 4.39 Å². The maximum atomic E-state index is 12.8. The molecule has 0 fully saturated rings. The van der Waals surface area contributed by atoms with E-state index < -0.39 is 12.0 Å². The van der Waals surface area contributed by atoms with Crippen LogP contribution in [0, 0.1) is 5.82 Å². The van der Waals surface area contributed by atoms with E-state index in [1.54, 1.807) is 12.1 Å². The third-order valence-corrected chi connectivity index (χ3v) is 1.89. The summed E-state index contributed by atoms with van der Waals surface area (Å²) in [5.41, 5.74) is 6.27. The standard InChI is InChI=1S/C10H12FNO2.ClH/c1-14-10(13)6-9(12)7-3-2-4-8(11)5-7;/h2-5,9H,6,12H2,1H3;1H/t9-;/m1./s1. The summed E-state index contributed by atoms with van der Waals surface area (Å²) < 4.78 is 17.2. The predicted molar refractivity (Wildman–Crippen MR) is 57.2 cm³/mol. The number of esters is 1. The molecule has 0 heterocycles. The number of hydrogen-bond acceptors (Lipinski definition) is 3. The first-order valence-electron chi connectivity index (χ1n) is 4.21. The number of hydrogen-bond donors (Lipinski definition) is 1. The van der Waals surface area contributed by atoms with Gasteiger partial charge in [0.05, 0.1) is 13.5 Å². The van der Waals surface area contributed by atoms with Gasteiger partial charge >= 0.3 is 5.97 Å². The van der Waals surface area contributed by atoms with E-state index >= 15 is 0 Å². The zero-order chi connectivity index (χ0) is 10.6. The van der Waals surface area contributed by atoms with Crippen LogP contribution in [-0.4, -0.2) is 13.1 Å². The molecule has 5 heteroatoms. The summed E-state index contributed by atoms with van der Waals surface area (Å²) in [7, 11) is 1.29. The van der Waals surface area contributed by atoms with Crippen molar-refractivity contribution in [1.29, 1.82) is 0 Å². The van der Waals surface area contributed by atoms with Crippen molar-refractivity contribution in [2.45, 2.75) is 12.5 Å². The average Bonchev–Trinajstić information content (AvgIpc) is 2.17. The van der Waals surface area contributed by atoms with E-state index in [4.69, 9.17) is 5.73 Å². The molecule has 84 valence electrons. The number of rotatable bonds is 3. The Morgan fingerprint density at radius 2 is 2.27 bits per heavy atom. The first-order chi connectivity index (χ1) is 6.63. The highest BCUT2D eigenvalue weighted by Crippen LogP contribution is 2.15. The van der Waals surface area contributed by atoms with Crippen molar-refractivity contribution in [3.8, 4) is 0 Å². The molecule has 0 saturated carbocycles. The topological polar surface area (TPSA) is 52.3 Å². The normalized spacial score (nSPS) is 11.4. The molecule has 0 spiro atoms. The molecule has 0 radical (unpaired) electrons. The van der Waals surface area contributed by atoms with Gasteiger partial charge in [-0.15, -0.1) is 12.4 Å². The molecule has 15 heavy (non-hydrogen) atoms. The quantitative estimate of drug-likeness (QED) is 0.811. The molecule has 0 unspecified atom stereocenters. The molecule has 1 aromatic rings. The minimum atomic E-state index is -0.516. The fourth-order valence-electron chi connectivity index (χ4n) is 1.12. The lowest BCUT2D eigenvalue weighted by atomic mass is 10.1. The summed E-state index contributed by atoms with van der Waals surface area (Å²) in [6.07, 6.45) is 0.0555. The summed E-state index contributed by atoms with van der Waals surface area (Å²) in [4.78, 5) is 10.9. The summed E-state index contributed by atoms with van der Waals surface area (Å²) in [5, 5.41) is 0. The van der Waals surface area contributed by atoms with Gasteiger partial charge in [-0.25, -0.2) is 4.39 Å². The lowest BCUT2D eigenvalue weighted by Gasteiger charge is -2.10. The molecule has 0 aliphatic rings. The van der Waals surface area contributed by atoms with Crippen molar-refractivity contribution >= 4 is 18.4 Å². The monoisotopic (exact) mass is 233 g/mol. The van der Waals surface area contributed by atoms with Crippen LogP contribution in [0.3, 0.4) is 0 Å². The van der Waals surface area contributed by atoms with Crippen LogP contribution in [0.25, 0.3) is 0 Å². The van der Waals surface area contributed by atoms with Crippen molar-refractivity contribution in [1.82, 2.24) is 0 Å². The molecule has 1 rings (SSSR count). The molecule has 0 aromatic heterocycles. The average molecular weight is 234 g/mol. The Kier molecular flexibility index (Phi) is 5.89. The van der Waals surface area contributed by atoms with Gasteiger partial charge in [-0.1, -0.05) is 12.1 Å². The smallest absolute Gasteiger partial charge is 0.307 e. The van der Waals surface area contributed by atoms with Crippen LogP contribution in [-0.2, 0) is 9.53 Å². The van der Waals surface area contributed by atoms with Crippen LogP contribution in [0.1, 0.15) is 18.0 Å². The number of benzene rings is 1. The maximum Gasteiger partial charge on any atom is 0.307 e. The number of carbonyl (C=O) groups excluding carboxylic acids is 1. The maximum absolute atomic E-state index is 12.8. The second kappa shape index (κ2) is 6.37. The lowest BCUT2D eigenvalue weighted by Crippen LogP contribution is -2.16. The van der Waals surface area contributed by atoms with Gasteiger partial charge in [0.2, 0.25) is 0 Å². The second-order valence-corrected chi connectivity index (χ2v) is 2.94. The van der Waals surface area contributed by atoms with Crippen molar-refractivity contribution < 1.29 is 13.9 Å². The minimum Gasteiger partial charge on any atom is -0.469 e. The van der Waals surface area contributed by atoms with Gasteiger partial charge < -0.3 is 10.5 Å². The molecule has 3 nitrogen and oxygen atoms in total. The van der Waals surface area contributed by atoms with E-state index in [0.717, 1.165) is 0 Å². The van der Waals surface area contributed by atoms with Crippen molar-refractivity contribution in [2.75, 3.05) is 7.11 Å². The summed E-state index contributed by atoms with van der Waals surface area (Å²) >= 11 is 0. The molecule has 2 N–H and O–H groups in total. The van der Waals surface area contributed by atoms with E-state index in [0.29, 0.717) is 5.56 Å². The van der Waals surface area contributed by atoms with E-state index in [2.05, 4.69) is 4.74 Å². The van der Waals surface area contributed by atoms with Crippen LogP contribution in [0.2, 0.25) is 0 Å². The molecule has 0 aliphatic carbocycles. The molecular formula is C10H13ClFNO2. The number of carbonyl (C=O) groups is 1. The third-order valence-electron chi connectivity index (χ3n) is 1.89. The SMILES string of the molecule is COC(=O)C[C@@H](N)c1cccc(F)c1.Cl. The number of ether oxygens (including phenoxy) is 1. The fraction of sp³-hybridized carbons (Fsp3) is 0.300. The molecule has 0 aliphatic heterocycles. The van der Waals surface area contributed by atoms with Gasteiger partial charge in [0.25, 0.3) is 0 Å². The Morgan fingerprint density at radius 3 is 2.80 bits per heavy atom. The van der Waals surface area contributed by atoms with Crippen LogP contribution in [0.5, 0.6) is 0 Å². The Bertz CT molecular complexity index is 333. The third kappa shape index (κ3) is 4.27. The highest BCUT2D eigenvalue weighted by atomic mass is 35.5. The van der Waals surface area contributed by atoms with E-state index in [9.17, 15) is 9.18 Å². The van der Waals surface area contributed by atoms with Gasteiger partial charge in [0.15, 0.2) is 0 Å². The lowest BCUT2D eigenvalue weighted by molar-refractivity contribution is -0.141. The van der Waals surface area contributed by atoms with Gasteiger partial charge in [-0.05, 0) is 17.7 Å². The van der Waals surface area contributed by atoms with E-state index in [1.165, 1.54) is 19.2 Å². The van der Waals surface area contributed by atoms with E-state index in [-0.39, 0.29) is 24.6 Å². The zero-order valence-corrected chi connectivity index (χ0v) is 9.09. The first-order valence-corrected chi connectivity index (χ1v) is 4.21. The first kappa shape index (κ1) is 13.9. The molecule has 0 bridgehead atoms. The Hall–Kier alpha value is -1.13. The predicted octanol–water partition coefficient (Wildman–Crippen LogP) is 1.81. The van der Waals surface area contributed by atoms with Crippen LogP contribution >= 0.6 is 12.4 Å². The van der Waals surface area contributed by atoms with Crippen LogP contribution in [0.15, 0.2) is 24.3 Å². The largest absolute Gasteiger partial charge is 0.469 e. The Labute approximate surface area is 93.8 Å². The summed E-state index contributed by atoms with van der Waals surface area (Å²) in [6.45, 7) is 0. The van der Waals surface area contributed by atoms with Gasteiger partial charge in [-0.2, -0.15) is 0 Å². The number of methoxy groups -OCH3 is 1. The highest BCUT2D eigenvalue weighted by Gasteiger charge is 2.11. The van der Waals surface area contributed by atoms with Gasteiger partial charge in [-0.3, -0.25) is 4.79 Å². The van der Waals surface area contributed by atoms with Crippen molar-refractivity contribution in [3.05, 3.63) is 35.6 Å². The Morgan fingerprint density at radius 1 is 1.60 bits per heavy atom. The second-order valence-electron chi connectivity index (χ2n) is 2.94. The van der Waals surface area contributed by atoms with E-state index in [1.807, 2.05) is 0 Å². The minimum absolute atomic E-state index is 0. The molecule has 1 aromatic carbocycles. The molecule has 0 amide bonds. The summed E-state index contributed by atoms with van der Waals surface area (Å²) in [6, 6.07) is 5.36. The van der Waals surface area contributed by atoms with Crippen molar-refractivity contribution in [3.63, 3.8) is 0 Å². The molecule has 1 atom stereocenters. The molecule has 0 saturated heterocycles.